The fourth-order valence-corrected chi connectivity index (χ4v) is 3.89. The van der Waals surface area contributed by atoms with Crippen LogP contribution in [0.3, 0.4) is 0 Å². The van der Waals surface area contributed by atoms with Gasteiger partial charge >= 0.3 is 0 Å². The number of hydrogen-bond acceptors (Lipinski definition) is 4. The molecule has 1 saturated heterocycles. The van der Waals surface area contributed by atoms with E-state index in [2.05, 4.69) is 48.5 Å². The number of rotatable bonds is 10. The van der Waals surface area contributed by atoms with E-state index in [1.807, 2.05) is 0 Å². The monoisotopic (exact) mass is 406 g/mol. The van der Waals surface area contributed by atoms with E-state index in [0.717, 1.165) is 12.1 Å². The number of benzene rings is 1. The van der Waals surface area contributed by atoms with Gasteiger partial charge in [-0.15, -0.1) is 0 Å². The summed E-state index contributed by atoms with van der Waals surface area (Å²) in [6, 6.07) is 7.09. The molecule has 0 saturated carbocycles. The molecule has 0 bridgehead atoms. The van der Waals surface area contributed by atoms with Crippen LogP contribution in [0.4, 0.5) is 4.39 Å². The highest BCUT2D eigenvalue weighted by atomic mass is 19.1. The number of carbonyl (C=O) groups is 2. The minimum absolute atomic E-state index is 0.0684. The molecule has 162 valence electrons. The van der Waals surface area contributed by atoms with Gasteiger partial charge in [0.05, 0.1) is 11.8 Å². The van der Waals surface area contributed by atoms with E-state index in [9.17, 15) is 14.0 Å². The maximum Gasteiger partial charge on any atom is 0.225 e. The van der Waals surface area contributed by atoms with Crippen molar-refractivity contribution in [3.8, 4) is 0 Å². The van der Waals surface area contributed by atoms with Gasteiger partial charge in [-0.2, -0.15) is 0 Å². The number of nitrogens with one attached hydrogen (secondary N) is 3. The molecule has 2 atom stereocenters. The molecule has 1 aromatic rings. The lowest BCUT2D eigenvalue weighted by Crippen LogP contribution is -2.46. The lowest BCUT2D eigenvalue weighted by Gasteiger charge is -2.30. The molecule has 0 radical (unpaired) electrons. The van der Waals surface area contributed by atoms with Crippen LogP contribution in [0.1, 0.15) is 33.3 Å². The minimum atomic E-state index is -0.366. The first-order chi connectivity index (χ1) is 13.8. The van der Waals surface area contributed by atoms with Gasteiger partial charge in [0.15, 0.2) is 0 Å². The van der Waals surface area contributed by atoms with Crippen molar-refractivity contribution in [2.45, 2.75) is 46.2 Å². The summed E-state index contributed by atoms with van der Waals surface area (Å²) in [5.74, 6) is -1.17. The average molecular weight is 407 g/mol. The summed E-state index contributed by atoms with van der Waals surface area (Å²) < 4.78 is 13.0. The number of nitrogens with zero attached hydrogens (tertiary/aromatic N) is 1. The minimum Gasteiger partial charge on any atom is -0.355 e. The highest BCUT2D eigenvalue weighted by Gasteiger charge is 2.37. The molecule has 2 unspecified atom stereocenters. The van der Waals surface area contributed by atoms with Crippen LogP contribution in [0, 0.1) is 17.7 Å². The third kappa shape index (κ3) is 7.08. The van der Waals surface area contributed by atoms with Crippen molar-refractivity contribution in [1.82, 2.24) is 20.9 Å². The zero-order chi connectivity index (χ0) is 21.4. The third-order valence-electron chi connectivity index (χ3n) is 5.51. The lowest BCUT2D eigenvalue weighted by atomic mass is 9.94. The Morgan fingerprint density at radius 2 is 1.52 bits per heavy atom. The summed E-state index contributed by atoms with van der Waals surface area (Å²) in [6.07, 6.45) is 0.628. The molecule has 2 rings (SSSR count). The predicted octanol–water partition coefficient (Wildman–Crippen LogP) is 1.56. The van der Waals surface area contributed by atoms with Gasteiger partial charge < -0.3 is 16.0 Å². The van der Waals surface area contributed by atoms with Crippen molar-refractivity contribution in [3.05, 3.63) is 35.6 Å². The average Bonchev–Trinajstić information content (AvgIpc) is 3.16. The maximum atomic E-state index is 13.0. The number of hydrogen-bond donors (Lipinski definition) is 3. The van der Waals surface area contributed by atoms with Crippen molar-refractivity contribution in [2.75, 3.05) is 32.7 Å². The van der Waals surface area contributed by atoms with Crippen molar-refractivity contribution < 1.29 is 14.0 Å². The third-order valence-corrected chi connectivity index (χ3v) is 5.51. The summed E-state index contributed by atoms with van der Waals surface area (Å²) >= 11 is 0. The molecule has 7 heteroatoms. The first kappa shape index (κ1) is 23.3. The molecular weight excluding hydrogens is 371 g/mol. The molecule has 1 aliphatic heterocycles. The second kappa shape index (κ2) is 11.3. The van der Waals surface area contributed by atoms with Crippen molar-refractivity contribution >= 4 is 11.8 Å². The zero-order valence-corrected chi connectivity index (χ0v) is 18.0. The van der Waals surface area contributed by atoms with Crippen LogP contribution >= 0.6 is 0 Å². The van der Waals surface area contributed by atoms with E-state index in [4.69, 9.17) is 0 Å². The van der Waals surface area contributed by atoms with Crippen molar-refractivity contribution in [2.24, 2.45) is 11.8 Å². The summed E-state index contributed by atoms with van der Waals surface area (Å²) in [5, 5.41) is 9.08. The molecule has 1 aliphatic rings. The smallest absolute Gasteiger partial charge is 0.225 e. The fourth-order valence-electron chi connectivity index (χ4n) is 3.89. The largest absolute Gasteiger partial charge is 0.355 e. The Morgan fingerprint density at radius 1 is 1.00 bits per heavy atom. The number of amides is 2. The SMILES string of the molecule is CC(C)N(CCNC(=O)C1CNCC1C(=O)NCCc1ccc(F)cc1)C(C)C. The molecule has 0 aromatic heterocycles. The Labute approximate surface area is 173 Å². The highest BCUT2D eigenvalue weighted by molar-refractivity contribution is 5.88. The van der Waals surface area contributed by atoms with Gasteiger partial charge in [0.25, 0.3) is 0 Å². The summed E-state index contributed by atoms with van der Waals surface area (Å²) in [4.78, 5) is 27.5. The molecule has 1 aromatic carbocycles. The van der Waals surface area contributed by atoms with Gasteiger partial charge in [-0.1, -0.05) is 12.1 Å². The molecule has 3 N–H and O–H groups in total. The van der Waals surface area contributed by atoms with Gasteiger partial charge in [0, 0.05) is 44.8 Å². The molecule has 6 nitrogen and oxygen atoms in total. The highest BCUT2D eigenvalue weighted by Crippen LogP contribution is 2.17. The Hall–Kier alpha value is -1.99. The lowest BCUT2D eigenvalue weighted by molar-refractivity contribution is -0.132. The first-order valence-electron chi connectivity index (χ1n) is 10.6. The van der Waals surface area contributed by atoms with Crippen LogP contribution in [0.2, 0.25) is 0 Å². The van der Waals surface area contributed by atoms with Gasteiger partial charge in [0.2, 0.25) is 11.8 Å². The van der Waals surface area contributed by atoms with E-state index in [-0.39, 0.29) is 29.5 Å². The summed E-state index contributed by atoms with van der Waals surface area (Å²) in [6.45, 7) is 11.4. The van der Waals surface area contributed by atoms with Crippen molar-refractivity contribution in [3.63, 3.8) is 0 Å². The van der Waals surface area contributed by atoms with Crippen LogP contribution in [0.5, 0.6) is 0 Å². The van der Waals surface area contributed by atoms with Gasteiger partial charge in [-0.05, 0) is 51.8 Å². The molecule has 1 heterocycles. The normalized spacial score (nSPS) is 19.2. The molecule has 0 spiro atoms. The standard InChI is InChI=1S/C22H35FN4O2/c1-15(2)27(16(3)4)12-11-26-22(29)20-14-24-13-19(20)21(28)25-10-9-17-5-7-18(23)8-6-17/h5-8,15-16,19-20,24H,9-14H2,1-4H3,(H,25,28)(H,26,29). The molecule has 0 aliphatic carbocycles. The number of carbonyl (C=O) groups excluding carboxylic acids is 2. The second-order valence-electron chi connectivity index (χ2n) is 8.26. The molecule has 1 fully saturated rings. The Morgan fingerprint density at radius 3 is 2.03 bits per heavy atom. The fraction of sp³-hybridized carbons (Fsp3) is 0.636. The van der Waals surface area contributed by atoms with E-state index >= 15 is 0 Å². The predicted molar refractivity (Wildman–Crippen MR) is 113 cm³/mol. The van der Waals surface area contributed by atoms with Crippen LogP contribution in [-0.4, -0.2) is 61.5 Å². The van der Waals surface area contributed by atoms with Crippen molar-refractivity contribution in [1.29, 1.82) is 0 Å². The molecular formula is C22H35FN4O2. The van der Waals surface area contributed by atoms with Crippen LogP contribution in [-0.2, 0) is 16.0 Å². The van der Waals surface area contributed by atoms with Gasteiger partial charge in [-0.3, -0.25) is 14.5 Å². The Bertz CT molecular complexity index is 655. The first-order valence-corrected chi connectivity index (χ1v) is 10.6. The van der Waals surface area contributed by atoms with Crippen LogP contribution in [0.15, 0.2) is 24.3 Å². The Kier molecular flexibility index (Phi) is 9.04. The zero-order valence-electron chi connectivity index (χ0n) is 18.0. The topological polar surface area (TPSA) is 73.5 Å². The molecule has 2 amide bonds. The summed E-state index contributed by atoms with van der Waals surface area (Å²) in [5.41, 5.74) is 0.963. The van der Waals surface area contributed by atoms with E-state index in [0.29, 0.717) is 44.7 Å². The van der Waals surface area contributed by atoms with Crippen LogP contribution < -0.4 is 16.0 Å². The van der Waals surface area contributed by atoms with Gasteiger partial charge in [-0.25, -0.2) is 4.39 Å². The molecule has 29 heavy (non-hydrogen) atoms. The second-order valence-corrected chi connectivity index (χ2v) is 8.26. The summed E-state index contributed by atoms with van der Waals surface area (Å²) in [7, 11) is 0. The van der Waals surface area contributed by atoms with E-state index in [1.165, 1.54) is 12.1 Å². The van der Waals surface area contributed by atoms with Gasteiger partial charge in [0.1, 0.15) is 5.82 Å². The van der Waals surface area contributed by atoms with E-state index < -0.39 is 0 Å². The Balaban J connectivity index is 1.77. The number of halogens is 1. The van der Waals surface area contributed by atoms with E-state index in [1.54, 1.807) is 12.1 Å². The maximum absolute atomic E-state index is 13.0. The van der Waals surface area contributed by atoms with Crippen LogP contribution in [0.25, 0.3) is 0 Å². The quantitative estimate of drug-likeness (QED) is 0.551.